The predicted molar refractivity (Wildman–Crippen MR) is 104 cm³/mol. The van der Waals surface area contributed by atoms with Crippen molar-refractivity contribution >= 4 is 44.8 Å². The molecule has 0 saturated carbocycles. The Bertz CT molecular complexity index is 1120. The van der Waals surface area contributed by atoms with E-state index < -0.39 is 0 Å². The van der Waals surface area contributed by atoms with Gasteiger partial charge in [-0.15, -0.1) is 0 Å². The van der Waals surface area contributed by atoms with Gasteiger partial charge in [0.05, 0.1) is 12.8 Å². The van der Waals surface area contributed by atoms with Crippen LogP contribution in [0.4, 0.5) is 17.1 Å². The zero-order valence-corrected chi connectivity index (χ0v) is 14.5. The average Bonchev–Trinajstić information content (AvgIpc) is 3.11. The van der Waals surface area contributed by atoms with Crippen molar-refractivity contribution in [2.45, 2.75) is 6.92 Å². The van der Waals surface area contributed by atoms with Crippen molar-refractivity contribution < 1.29 is 9.53 Å². The fraction of sp³-hybridized carbons (Fsp3) is 0.100. The van der Waals surface area contributed by atoms with Gasteiger partial charge in [-0.25, -0.2) is 0 Å². The first kappa shape index (κ1) is 16.0. The number of aromatic amines is 1. The van der Waals surface area contributed by atoms with Crippen molar-refractivity contribution in [3.05, 3.63) is 54.9 Å². The Morgan fingerprint density at radius 2 is 1.88 bits per heavy atom. The minimum Gasteiger partial charge on any atom is -0.492 e. The van der Waals surface area contributed by atoms with E-state index in [1.165, 1.54) is 6.92 Å². The smallest absolute Gasteiger partial charge is 0.221 e. The maximum atomic E-state index is 11.4. The molecular weight excluding hydrogens is 328 g/mol. The van der Waals surface area contributed by atoms with E-state index in [4.69, 9.17) is 4.74 Å². The van der Waals surface area contributed by atoms with E-state index in [2.05, 4.69) is 20.6 Å². The van der Waals surface area contributed by atoms with Gasteiger partial charge in [0, 0.05) is 47.0 Å². The average molecular weight is 346 g/mol. The number of fused-ring (bicyclic) bond motifs is 2. The molecule has 6 heteroatoms. The summed E-state index contributed by atoms with van der Waals surface area (Å²) in [6, 6.07) is 13.8. The topological polar surface area (TPSA) is 79.0 Å². The molecule has 130 valence electrons. The lowest BCUT2D eigenvalue weighted by Crippen LogP contribution is -2.07. The van der Waals surface area contributed by atoms with Gasteiger partial charge in [-0.2, -0.15) is 0 Å². The summed E-state index contributed by atoms with van der Waals surface area (Å²) in [6.07, 6.45) is 3.64. The number of nitrogens with zero attached hydrogens (tertiary/aromatic N) is 1. The van der Waals surface area contributed by atoms with E-state index in [0.717, 1.165) is 27.7 Å². The minimum atomic E-state index is -0.156. The van der Waals surface area contributed by atoms with Crippen molar-refractivity contribution in [2.75, 3.05) is 17.7 Å². The van der Waals surface area contributed by atoms with Crippen LogP contribution in [0, 0.1) is 0 Å². The molecular formula is C20H18N4O2. The lowest BCUT2D eigenvalue weighted by Gasteiger charge is -2.15. The fourth-order valence-electron chi connectivity index (χ4n) is 3.14. The van der Waals surface area contributed by atoms with Crippen molar-refractivity contribution in [3.63, 3.8) is 0 Å². The third kappa shape index (κ3) is 2.71. The van der Waals surface area contributed by atoms with Crippen LogP contribution < -0.4 is 15.4 Å². The SMILES string of the molecule is COc1c(NC(C)=O)ccc2c(Nc3cccc4[nH]ccc34)ccnc12. The molecule has 4 rings (SSSR count). The van der Waals surface area contributed by atoms with Gasteiger partial charge in [0.1, 0.15) is 5.52 Å². The first-order valence-corrected chi connectivity index (χ1v) is 8.24. The van der Waals surface area contributed by atoms with E-state index in [-0.39, 0.29) is 5.91 Å². The molecule has 2 aromatic heterocycles. The molecule has 0 aliphatic rings. The summed E-state index contributed by atoms with van der Waals surface area (Å²) in [6.45, 7) is 1.46. The lowest BCUT2D eigenvalue weighted by atomic mass is 10.1. The molecule has 3 N–H and O–H groups in total. The largest absolute Gasteiger partial charge is 0.492 e. The number of amides is 1. The van der Waals surface area contributed by atoms with Gasteiger partial charge >= 0.3 is 0 Å². The maximum absolute atomic E-state index is 11.4. The van der Waals surface area contributed by atoms with Gasteiger partial charge in [-0.1, -0.05) is 6.07 Å². The quantitative estimate of drug-likeness (QED) is 0.511. The summed E-state index contributed by atoms with van der Waals surface area (Å²) in [7, 11) is 1.57. The van der Waals surface area contributed by atoms with Crippen LogP contribution in [0.1, 0.15) is 6.92 Å². The highest BCUT2D eigenvalue weighted by molar-refractivity contribution is 6.03. The van der Waals surface area contributed by atoms with E-state index in [1.807, 2.05) is 48.7 Å². The van der Waals surface area contributed by atoms with E-state index >= 15 is 0 Å². The van der Waals surface area contributed by atoms with Crippen molar-refractivity contribution in [1.82, 2.24) is 9.97 Å². The van der Waals surface area contributed by atoms with E-state index in [9.17, 15) is 4.79 Å². The number of carbonyl (C=O) groups is 1. The molecule has 0 unspecified atom stereocenters. The van der Waals surface area contributed by atoms with Gasteiger partial charge in [-0.05, 0) is 36.4 Å². The number of aromatic nitrogens is 2. The van der Waals surface area contributed by atoms with Crippen LogP contribution >= 0.6 is 0 Å². The zero-order valence-electron chi connectivity index (χ0n) is 14.5. The highest BCUT2D eigenvalue weighted by Gasteiger charge is 2.13. The number of pyridine rings is 1. The normalized spacial score (nSPS) is 10.8. The number of ether oxygens (including phenoxy) is 1. The standard InChI is InChI=1S/C20H18N4O2/c1-12(25)23-18-7-6-14-17(9-11-22-19(14)20(18)26-2)24-16-5-3-4-15-13(16)8-10-21-15/h3-11,21H,1-2H3,(H,22,24)(H,23,25). The Hall–Kier alpha value is -3.54. The molecule has 2 aromatic carbocycles. The van der Waals surface area contributed by atoms with Gasteiger partial charge in [-0.3, -0.25) is 9.78 Å². The number of carbonyl (C=O) groups excluding carboxylic acids is 1. The summed E-state index contributed by atoms with van der Waals surface area (Å²) in [5.41, 5.74) is 4.27. The molecule has 2 heterocycles. The monoisotopic (exact) mass is 346 g/mol. The van der Waals surface area contributed by atoms with Crippen LogP contribution in [0.3, 0.4) is 0 Å². The lowest BCUT2D eigenvalue weighted by molar-refractivity contribution is -0.114. The van der Waals surface area contributed by atoms with Crippen molar-refractivity contribution in [2.24, 2.45) is 0 Å². The summed E-state index contributed by atoms with van der Waals surface area (Å²) < 4.78 is 5.51. The third-order valence-corrected chi connectivity index (χ3v) is 4.25. The Kier molecular flexibility index (Phi) is 3.93. The summed E-state index contributed by atoms with van der Waals surface area (Å²) in [4.78, 5) is 19.1. The molecule has 0 fully saturated rings. The summed E-state index contributed by atoms with van der Waals surface area (Å²) in [5, 5.41) is 8.28. The molecule has 26 heavy (non-hydrogen) atoms. The zero-order chi connectivity index (χ0) is 18.1. The number of hydrogen-bond acceptors (Lipinski definition) is 4. The Labute approximate surface area is 150 Å². The van der Waals surface area contributed by atoms with Crippen molar-refractivity contribution in [3.8, 4) is 5.75 Å². The van der Waals surface area contributed by atoms with Crippen LogP contribution in [0.25, 0.3) is 21.8 Å². The summed E-state index contributed by atoms with van der Waals surface area (Å²) in [5.74, 6) is 0.386. The third-order valence-electron chi connectivity index (χ3n) is 4.25. The molecule has 0 spiro atoms. The number of anilines is 3. The molecule has 0 atom stereocenters. The van der Waals surface area contributed by atoms with Crippen LogP contribution in [0.5, 0.6) is 5.75 Å². The van der Waals surface area contributed by atoms with Gasteiger partial charge in [0.25, 0.3) is 0 Å². The fourth-order valence-corrected chi connectivity index (χ4v) is 3.14. The first-order valence-electron chi connectivity index (χ1n) is 8.24. The molecule has 1 amide bonds. The summed E-state index contributed by atoms with van der Waals surface area (Å²) >= 11 is 0. The van der Waals surface area contributed by atoms with Crippen LogP contribution in [-0.2, 0) is 4.79 Å². The molecule has 4 aromatic rings. The molecule has 6 nitrogen and oxygen atoms in total. The molecule has 0 radical (unpaired) electrons. The second-order valence-electron chi connectivity index (χ2n) is 5.95. The maximum Gasteiger partial charge on any atom is 0.221 e. The Balaban J connectivity index is 1.83. The Morgan fingerprint density at radius 1 is 1.04 bits per heavy atom. The van der Waals surface area contributed by atoms with Gasteiger partial charge in [0.15, 0.2) is 5.75 Å². The number of H-pyrrole nitrogens is 1. The first-order chi connectivity index (χ1) is 12.7. The number of benzene rings is 2. The predicted octanol–water partition coefficient (Wildman–Crippen LogP) is 4.43. The molecule has 0 aliphatic carbocycles. The van der Waals surface area contributed by atoms with Gasteiger partial charge < -0.3 is 20.4 Å². The highest BCUT2D eigenvalue weighted by atomic mass is 16.5. The van der Waals surface area contributed by atoms with E-state index in [1.54, 1.807) is 13.3 Å². The number of nitrogens with one attached hydrogen (secondary N) is 3. The van der Waals surface area contributed by atoms with E-state index in [0.29, 0.717) is 17.0 Å². The second kappa shape index (κ2) is 6.40. The number of hydrogen-bond donors (Lipinski definition) is 3. The van der Waals surface area contributed by atoms with Gasteiger partial charge in [0.2, 0.25) is 5.91 Å². The number of rotatable bonds is 4. The Morgan fingerprint density at radius 3 is 2.69 bits per heavy atom. The van der Waals surface area contributed by atoms with Crippen molar-refractivity contribution in [1.29, 1.82) is 0 Å². The second-order valence-corrected chi connectivity index (χ2v) is 5.95. The number of methoxy groups -OCH3 is 1. The van der Waals surface area contributed by atoms with Crippen LogP contribution in [0.15, 0.2) is 54.9 Å². The molecule has 0 bridgehead atoms. The molecule has 0 aliphatic heterocycles. The molecule has 0 saturated heterocycles. The van der Waals surface area contributed by atoms with Crippen LogP contribution in [-0.4, -0.2) is 23.0 Å². The minimum absolute atomic E-state index is 0.156. The highest BCUT2D eigenvalue weighted by Crippen LogP contribution is 2.37. The van der Waals surface area contributed by atoms with Crippen LogP contribution in [0.2, 0.25) is 0 Å².